The van der Waals surface area contributed by atoms with E-state index in [1.165, 1.54) is 0 Å². The van der Waals surface area contributed by atoms with Crippen LogP contribution in [0.15, 0.2) is 11.3 Å². The molecular weight excluding hydrogens is 314 g/mol. The first-order chi connectivity index (χ1) is 11.0. The number of amidine groups is 1. The second kappa shape index (κ2) is 8.55. The van der Waals surface area contributed by atoms with Gasteiger partial charge >= 0.3 is 0 Å². The summed E-state index contributed by atoms with van der Waals surface area (Å²) in [6.07, 6.45) is 3.97. The molecule has 0 aromatic carbocycles. The number of nitrogens with two attached hydrogens (primary N) is 1. The molecule has 2 rings (SSSR count). The van der Waals surface area contributed by atoms with Crippen LogP contribution in [-0.2, 0) is 4.79 Å². The summed E-state index contributed by atoms with van der Waals surface area (Å²) in [6.45, 7) is 5.94. The van der Waals surface area contributed by atoms with E-state index in [1.54, 1.807) is 11.8 Å². The molecule has 0 saturated carbocycles. The van der Waals surface area contributed by atoms with Crippen LogP contribution >= 0.6 is 11.6 Å². The summed E-state index contributed by atoms with van der Waals surface area (Å²) in [5, 5.41) is 11.4. The highest BCUT2D eigenvalue weighted by Gasteiger charge is 2.25. The zero-order chi connectivity index (χ0) is 16.8. The molecule has 130 valence electrons. The molecule has 0 aliphatic carbocycles. The van der Waals surface area contributed by atoms with Gasteiger partial charge in [0.15, 0.2) is 0 Å². The van der Waals surface area contributed by atoms with E-state index in [4.69, 9.17) is 22.7 Å². The van der Waals surface area contributed by atoms with Gasteiger partial charge < -0.3 is 20.9 Å². The highest BCUT2D eigenvalue weighted by atomic mass is 35.5. The number of hydrogen-bond donors (Lipinski definition) is 3. The Hall–Kier alpha value is -1.27. The average molecular weight is 342 g/mol. The fraction of sp³-hybridized carbons (Fsp3) is 0.750. The number of alkyl halides is 1. The Morgan fingerprint density at radius 1 is 1.39 bits per heavy atom. The smallest absolute Gasteiger partial charge is 0.219 e. The number of halogens is 1. The lowest BCUT2D eigenvalue weighted by atomic mass is 10.00. The Labute approximate surface area is 143 Å². The highest BCUT2D eigenvalue weighted by Crippen LogP contribution is 2.19. The van der Waals surface area contributed by atoms with Gasteiger partial charge in [0.2, 0.25) is 5.91 Å². The molecule has 7 heteroatoms. The maximum atomic E-state index is 11.5. The van der Waals surface area contributed by atoms with Gasteiger partial charge in [-0.05, 0) is 25.8 Å². The molecule has 1 saturated heterocycles. The fourth-order valence-electron chi connectivity index (χ4n) is 3.27. The normalized spacial score (nSPS) is 20.7. The van der Waals surface area contributed by atoms with E-state index in [1.807, 2.05) is 0 Å². The Morgan fingerprint density at radius 2 is 2.09 bits per heavy atom. The number of carbonyl (C=O) groups is 1. The molecule has 0 unspecified atom stereocenters. The predicted molar refractivity (Wildman–Crippen MR) is 93.7 cm³/mol. The third-order valence-electron chi connectivity index (χ3n) is 4.69. The summed E-state index contributed by atoms with van der Waals surface area (Å²) in [5.74, 6) is 0.827. The van der Waals surface area contributed by atoms with Gasteiger partial charge in [0, 0.05) is 56.2 Å². The Morgan fingerprint density at radius 3 is 2.65 bits per heavy atom. The first-order valence-electron chi connectivity index (χ1n) is 8.38. The molecule has 1 fully saturated rings. The van der Waals surface area contributed by atoms with Crippen molar-refractivity contribution >= 4 is 23.3 Å². The molecule has 0 aromatic heterocycles. The van der Waals surface area contributed by atoms with E-state index >= 15 is 0 Å². The molecule has 0 aromatic rings. The first kappa shape index (κ1) is 18.1. The van der Waals surface area contributed by atoms with E-state index in [0.29, 0.717) is 19.1 Å². The Bertz CT molecular complexity index is 471. The van der Waals surface area contributed by atoms with Gasteiger partial charge in [-0.2, -0.15) is 0 Å². The maximum absolute atomic E-state index is 11.5. The summed E-state index contributed by atoms with van der Waals surface area (Å²) in [6, 6.07) is 0.426. The largest absolute Gasteiger partial charge is 0.385 e. The minimum atomic E-state index is 0.0374. The number of nitrogens with zero attached hydrogens (tertiary/aromatic N) is 2. The zero-order valence-corrected chi connectivity index (χ0v) is 14.7. The van der Waals surface area contributed by atoms with Crippen LogP contribution in [0.25, 0.3) is 0 Å². The number of amides is 1. The lowest BCUT2D eigenvalue weighted by Gasteiger charge is -2.36. The molecule has 2 aliphatic heterocycles. The van der Waals surface area contributed by atoms with E-state index in [9.17, 15) is 4.79 Å². The quantitative estimate of drug-likeness (QED) is 0.384. The van der Waals surface area contributed by atoms with E-state index < -0.39 is 0 Å². The lowest BCUT2D eigenvalue weighted by Crippen LogP contribution is -2.46. The van der Waals surface area contributed by atoms with Gasteiger partial charge in [-0.25, -0.2) is 0 Å². The molecule has 1 amide bonds. The van der Waals surface area contributed by atoms with Crippen molar-refractivity contribution in [2.75, 3.05) is 38.6 Å². The maximum Gasteiger partial charge on any atom is 0.219 e. The van der Waals surface area contributed by atoms with Crippen LogP contribution in [-0.4, -0.2) is 66.2 Å². The number of nitrogens with one attached hydrogen (secondary N) is 2. The van der Waals surface area contributed by atoms with E-state index in [0.717, 1.165) is 62.5 Å². The number of piperidine rings is 1. The third kappa shape index (κ3) is 5.11. The molecule has 0 radical (unpaired) electrons. The highest BCUT2D eigenvalue weighted by molar-refractivity contribution is 6.17. The number of carbonyl (C=O) groups excluding carboxylic acids is 1. The number of hydrogen-bond acceptors (Lipinski definition) is 4. The second-order valence-electron chi connectivity index (χ2n) is 6.36. The van der Waals surface area contributed by atoms with Crippen molar-refractivity contribution < 1.29 is 4.79 Å². The van der Waals surface area contributed by atoms with Crippen molar-refractivity contribution in [3.05, 3.63) is 11.3 Å². The van der Waals surface area contributed by atoms with Crippen molar-refractivity contribution in [2.24, 2.45) is 5.73 Å². The van der Waals surface area contributed by atoms with Gasteiger partial charge in [-0.15, -0.1) is 11.6 Å². The summed E-state index contributed by atoms with van der Waals surface area (Å²) < 4.78 is 0. The van der Waals surface area contributed by atoms with Crippen LogP contribution in [0, 0.1) is 5.41 Å². The van der Waals surface area contributed by atoms with Crippen LogP contribution in [0.1, 0.15) is 32.6 Å². The van der Waals surface area contributed by atoms with Gasteiger partial charge in [-0.1, -0.05) is 0 Å². The van der Waals surface area contributed by atoms with Crippen LogP contribution < -0.4 is 11.1 Å². The van der Waals surface area contributed by atoms with Gasteiger partial charge in [-0.3, -0.25) is 10.2 Å². The molecule has 0 atom stereocenters. The minimum absolute atomic E-state index is 0.0374. The zero-order valence-electron chi connectivity index (χ0n) is 13.9. The Balaban J connectivity index is 1.92. The van der Waals surface area contributed by atoms with E-state index in [-0.39, 0.29) is 11.7 Å². The standard InChI is InChI=1S/C16H28ClN5O/c1-12(23)22-10-5-15(14(11-22)16(18)19)20-13-3-8-21(9-4-13)7-2-6-17/h13,20H,2-11H2,1H3,(H3,18,19). The second-order valence-corrected chi connectivity index (χ2v) is 6.74. The van der Waals surface area contributed by atoms with Crippen molar-refractivity contribution in [1.82, 2.24) is 15.1 Å². The topological polar surface area (TPSA) is 85.5 Å². The van der Waals surface area contributed by atoms with Gasteiger partial charge in [0.05, 0.1) is 6.54 Å². The van der Waals surface area contributed by atoms with Crippen molar-refractivity contribution in [3.8, 4) is 0 Å². The molecule has 2 heterocycles. The van der Waals surface area contributed by atoms with Crippen molar-refractivity contribution in [1.29, 1.82) is 5.41 Å². The summed E-state index contributed by atoms with van der Waals surface area (Å²) in [5.41, 5.74) is 7.55. The first-order valence-corrected chi connectivity index (χ1v) is 8.91. The van der Waals surface area contributed by atoms with Gasteiger partial charge in [0.1, 0.15) is 5.84 Å². The molecule has 2 aliphatic rings. The Kier molecular flexibility index (Phi) is 6.72. The summed E-state index contributed by atoms with van der Waals surface area (Å²) >= 11 is 5.75. The average Bonchev–Trinajstić information content (AvgIpc) is 2.54. The van der Waals surface area contributed by atoms with Crippen LogP contribution in [0.2, 0.25) is 0 Å². The molecule has 6 nitrogen and oxygen atoms in total. The monoisotopic (exact) mass is 341 g/mol. The molecular formula is C16H28ClN5O. The molecule has 0 bridgehead atoms. The number of rotatable bonds is 6. The van der Waals surface area contributed by atoms with Crippen LogP contribution in [0.3, 0.4) is 0 Å². The minimum Gasteiger partial charge on any atom is -0.385 e. The van der Waals surface area contributed by atoms with Crippen LogP contribution in [0.4, 0.5) is 0 Å². The molecule has 23 heavy (non-hydrogen) atoms. The summed E-state index contributed by atoms with van der Waals surface area (Å²) in [4.78, 5) is 15.7. The lowest BCUT2D eigenvalue weighted by molar-refractivity contribution is -0.128. The molecule has 0 spiro atoms. The molecule has 4 N–H and O–H groups in total. The van der Waals surface area contributed by atoms with Crippen LogP contribution in [0.5, 0.6) is 0 Å². The van der Waals surface area contributed by atoms with Crippen molar-refractivity contribution in [3.63, 3.8) is 0 Å². The number of likely N-dealkylation sites (tertiary alicyclic amines) is 1. The summed E-state index contributed by atoms with van der Waals surface area (Å²) in [7, 11) is 0. The fourth-order valence-corrected chi connectivity index (χ4v) is 3.39. The van der Waals surface area contributed by atoms with E-state index in [2.05, 4.69) is 10.2 Å². The third-order valence-corrected chi connectivity index (χ3v) is 4.96. The van der Waals surface area contributed by atoms with Gasteiger partial charge in [0.25, 0.3) is 0 Å². The SMILES string of the molecule is CC(=O)N1CCC(NC2CCN(CCCCl)CC2)=C(C(=N)N)C1. The predicted octanol–water partition coefficient (Wildman–Crippen LogP) is 1.11. The van der Waals surface area contributed by atoms with Crippen molar-refractivity contribution in [2.45, 2.75) is 38.6 Å².